The Morgan fingerprint density at radius 3 is 2.78 bits per heavy atom. The highest BCUT2D eigenvalue weighted by Gasteiger charge is 2.54. The number of carbonyl (C=O) groups excluding carboxylic acids is 3. The number of carbonyl (C=O) groups is 4. The number of nitrogens with two attached hydrogens (primary N) is 1. The van der Waals surface area contributed by atoms with Gasteiger partial charge in [-0.2, -0.15) is 0 Å². The maximum Gasteiger partial charge on any atom is 0.352 e. The lowest BCUT2D eigenvalue weighted by Crippen LogP contribution is -2.71. The summed E-state index contributed by atoms with van der Waals surface area (Å²) in [6.07, 6.45) is 5.13. The number of aromatic nitrogens is 2. The summed E-state index contributed by atoms with van der Waals surface area (Å²) in [6, 6.07) is 2.45. The number of pyridine rings is 1. The number of nitrogen functional groups attached to an aromatic ring is 1. The van der Waals surface area contributed by atoms with Crippen LogP contribution in [0.5, 0.6) is 0 Å². The lowest BCUT2D eigenvalue weighted by atomic mass is 10.0. The van der Waals surface area contributed by atoms with Gasteiger partial charge >= 0.3 is 5.97 Å². The number of nitrogens with one attached hydrogen (secondary N) is 1. The molecule has 0 spiro atoms. The Hall–Kier alpha value is -4.24. The van der Waals surface area contributed by atoms with Crippen LogP contribution in [0.3, 0.4) is 0 Å². The summed E-state index contributed by atoms with van der Waals surface area (Å²) >= 11 is 2.30. The number of anilines is 2. The van der Waals surface area contributed by atoms with Gasteiger partial charge in [-0.1, -0.05) is 5.16 Å². The van der Waals surface area contributed by atoms with E-state index in [-0.39, 0.29) is 28.2 Å². The number of hydrogen-bond acceptors (Lipinski definition) is 11. The second kappa shape index (κ2) is 9.67. The monoisotopic (exact) mass is 541 g/mol. The number of oxime groups is 1. The largest absolute Gasteiger partial charge is 0.477 e. The van der Waals surface area contributed by atoms with Crippen LogP contribution in [-0.4, -0.2) is 78.3 Å². The maximum absolute atomic E-state index is 12.9. The van der Waals surface area contributed by atoms with Gasteiger partial charge in [-0.05, 0) is 30.2 Å². The number of nitrogens with zero attached hydrogens (tertiary/aromatic N) is 5. The number of thioether (sulfide) groups is 1. The fourth-order valence-corrected chi connectivity index (χ4v) is 6.14. The van der Waals surface area contributed by atoms with Gasteiger partial charge in [-0.3, -0.25) is 24.3 Å². The number of rotatable bonds is 6. The number of fused-ring (bicyclic) bond motifs is 1. The molecule has 0 radical (unpaired) electrons. The summed E-state index contributed by atoms with van der Waals surface area (Å²) in [5.74, 6) is -2.86. The van der Waals surface area contributed by atoms with Crippen molar-refractivity contribution in [3.05, 3.63) is 58.5 Å². The standard InChI is InChI=1S/C22H19N7O6S2/c23-22-25-13(9-37-22)14(27-35)17(30)26-15-19(32)29-16(21(33)34)11(8-36-20(15)29)6-10-3-5-28(18(10)31)12-2-1-4-24-7-12/h1-2,4,6-7,9,15,20,35H,3,5,8H2,(H2,23,25)(H,26,30)(H,33,34). The molecule has 0 saturated carbocycles. The van der Waals surface area contributed by atoms with E-state index in [0.29, 0.717) is 29.8 Å². The van der Waals surface area contributed by atoms with Crippen LogP contribution in [0, 0.1) is 0 Å². The Morgan fingerprint density at radius 2 is 2.14 bits per heavy atom. The number of thiazole rings is 1. The first kappa shape index (κ1) is 24.5. The molecule has 37 heavy (non-hydrogen) atoms. The van der Waals surface area contributed by atoms with Crippen LogP contribution in [-0.2, 0) is 19.2 Å². The van der Waals surface area contributed by atoms with E-state index in [0.717, 1.165) is 16.2 Å². The first-order valence-corrected chi connectivity index (χ1v) is 12.8. The molecule has 3 aliphatic heterocycles. The minimum Gasteiger partial charge on any atom is -0.477 e. The lowest BCUT2D eigenvalue weighted by Gasteiger charge is -2.49. The molecule has 2 aromatic heterocycles. The highest BCUT2D eigenvalue weighted by molar-refractivity contribution is 8.00. The summed E-state index contributed by atoms with van der Waals surface area (Å²) in [4.78, 5) is 61.3. The fraction of sp³-hybridized carbons (Fsp3) is 0.227. The predicted octanol–water partition coefficient (Wildman–Crippen LogP) is 0.401. The van der Waals surface area contributed by atoms with Crippen molar-refractivity contribution in [3.8, 4) is 0 Å². The van der Waals surface area contributed by atoms with Crippen LogP contribution >= 0.6 is 23.1 Å². The Bertz CT molecular complexity index is 1400. The highest BCUT2D eigenvalue weighted by Crippen LogP contribution is 2.41. The van der Waals surface area contributed by atoms with Crippen molar-refractivity contribution in [2.45, 2.75) is 17.8 Å². The Labute approximate surface area is 217 Å². The smallest absolute Gasteiger partial charge is 0.352 e. The van der Waals surface area contributed by atoms with Crippen LogP contribution in [0.1, 0.15) is 12.1 Å². The van der Waals surface area contributed by atoms with E-state index in [2.05, 4.69) is 20.4 Å². The van der Waals surface area contributed by atoms with Gasteiger partial charge in [-0.15, -0.1) is 23.1 Å². The first-order chi connectivity index (χ1) is 17.8. The van der Waals surface area contributed by atoms with Gasteiger partial charge in [0.15, 0.2) is 10.8 Å². The summed E-state index contributed by atoms with van der Waals surface area (Å²) in [7, 11) is 0. The second-order valence-corrected chi connectivity index (χ2v) is 10.1. The van der Waals surface area contributed by atoms with Gasteiger partial charge < -0.3 is 26.3 Å². The summed E-state index contributed by atoms with van der Waals surface area (Å²) in [5, 5.41) is 25.6. The van der Waals surface area contributed by atoms with Gasteiger partial charge in [-0.25, -0.2) is 9.78 Å². The molecule has 5 heterocycles. The van der Waals surface area contributed by atoms with Crippen molar-refractivity contribution in [1.82, 2.24) is 20.2 Å². The second-order valence-electron chi connectivity index (χ2n) is 8.15. The van der Waals surface area contributed by atoms with Crippen molar-refractivity contribution in [1.29, 1.82) is 0 Å². The maximum atomic E-state index is 12.9. The van der Waals surface area contributed by atoms with Gasteiger partial charge in [0.2, 0.25) is 0 Å². The number of aliphatic carboxylic acids is 1. The SMILES string of the molecule is Nc1nc(C(=NO)C(=O)NC2C(=O)N3C(C(=O)O)=C(C=C4CCN(c5cccnc5)C4=O)CSC23)cs1. The third-order valence-corrected chi connectivity index (χ3v) is 7.97. The summed E-state index contributed by atoms with van der Waals surface area (Å²) in [6.45, 7) is 0.429. The van der Waals surface area contributed by atoms with Crippen LogP contribution in [0.15, 0.2) is 58.0 Å². The first-order valence-electron chi connectivity index (χ1n) is 10.9. The van der Waals surface area contributed by atoms with E-state index < -0.39 is 34.9 Å². The third kappa shape index (κ3) is 4.31. The molecule has 3 aliphatic rings. The molecule has 2 aromatic rings. The van der Waals surface area contributed by atoms with Crippen molar-refractivity contribution in [2.75, 3.05) is 22.9 Å². The molecule has 13 nitrogen and oxygen atoms in total. The molecule has 2 atom stereocenters. The molecule has 2 unspecified atom stereocenters. The minimum absolute atomic E-state index is 0.0454. The van der Waals surface area contributed by atoms with E-state index in [9.17, 15) is 29.5 Å². The number of β-lactam (4-membered cyclic amide) rings is 1. The molecule has 5 rings (SSSR count). The average molecular weight is 542 g/mol. The zero-order valence-electron chi connectivity index (χ0n) is 18.9. The van der Waals surface area contributed by atoms with Crippen LogP contribution in [0.4, 0.5) is 10.8 Å². The molecule has 5 N–H and O–H groups in total. The van der Waals surface area contributed by atoms with E-state index in [1.54, 1.807) is 29.4 Å². The van der Waals surface area contributed by atoms with E-state index >= 15 is 0 Å². The number of allylic oxidation sites excluding steroid dienone is 1. The fourth-order valence-electron chi connectivity index (χ4n) is 4.29. The topological polar surface area (TPSA) is 191 Å². The van der Waals surface area contributed by atoms with Gasteiger partial charge in [0.1, 0.15) is 22.8 Å². The number of hydrogen-bond donors (Lipinski definition) is 4. The van der Waals surface area contributed by atoms with Crippen molar-refractivity contribution in [3.63, 3.8) is 0 Å². The highest BCUT2D eigenvalue weighted by atomic mass is 32.2. The van der Waals surface area contributed by atoms with E-state index in [1.165, 1.54) is 23.2 Å². The molecular formula is C22H19N7O6S2. The van der Waals surface area contributed by atoms with Crippen LogP contribution in [0.25, 0.3) is 0 Å². The van der Waals surface area contributed by atoms with Crippen molar-refractivity contribution in [2.24, 2.45) is 5.16 Å². The number of amides is 3. The number of carboxylic acid groups (broad SMARTS) is 1. The average Bonchev–Trinajstić information content (AvgIpc) is 3.48. The molecule has 2 fully saturated rings. The van der Waals surface area contributed by atoms with E-state index in [1.807, 2.05) is 0 Å². The molecular weight excluding hydrogens is 522 g/mol. The molecule has 190 valence electrons. The number of carboxylic acids is 1. The minimum atomic E-state index is -1.32. The Morgan fingerprint density at radius 1 is 1.32 bits per heavy atom. The van der Waals surface area contributed by atoms with Gasteiger partial charge in [0.05, 0.1) is 11.9 Å². The van der Waals surface area contributed by atoms with Crippen molar-refractivity contribution >= 4 is 63.3 Å². The van der Waals surface area contributed by atoms with Gasteiger partial charge in [0, 0.05) is 29.4 Å². The zero-order valence-corrected chi connectivity index (χ0v) is 20.5. The summed E-state index contributed by atoms with van der Waals surface area (Å²) in [5.41, 5.74) is 6.36. The molecule has 3 amide bonds. The quantitative estimate of drug-likeness (QED) is 0.131. The molecule has 2 saturated heterocycles. The molecule has 0 bridgehead atoms. The third-order valence-electron chi connectivity index (χ3n) is 6.00. The zero-order chi connectivity index (χ0) is 26.3. The Kier molecular flexibility index (Phi) is 6.39. The van der Waals surface area contributed by atoms with E-state index in [4.69, 9.17) is 5.73 Å². The molecule has 0 aromatic carbocycles. The molecule has 15 heteroatoms. The molecule has 0 aliphatic carbocycles. The summed E-state index contributed by atoms with van der Waals surface area (Å²) < 4.78 is 0. The predicted molar refractivity (Wildman–Crippen MR) is 134 cm³/mol. The lowest BCUT2D eigenvalue weighted by molar-refractivity contribution is -0.150. The Balaban J connectivity index is 1.35. The van der Waals surface area contributed by atoms with Crippen LogP contribution in [0.2, 0.25) is 0 Å². The van der Waals surface area contributed by atoms with Crippen molar-refractivity contribution < 1.29 is 29.5 Å². The van der Waals surface area contributed by atoms with Gasteiger partial charge in [0.25, 0.3) is 17.7 Å². The normalized spacial score (nSPS) is 22.8. The van der Waals surface area contributed by atoms with Crippen LogP contribution < -0.4 is 16.0 Å².